The van der Waals surface area contributed by atoms with Crippen molar-refractivity contribution in [2.75, 3.05) is 0 Å². The van der Waals surface area contributed by atoms with Gasteiger partial charge in [-0.05, 0) is 25.1 Å². The third-order valence-corrected chi connectivity index (χ3v) is 3.01. The number of hydrogen-bond donors (Lipinski definition) is 1. The van der Waals surface area contributed by atoms with Crippen LogP contribution >= 0.6 is 11.6 Å². The van der Waals surface area contributed by atoms with Gasteiger partial charge in [0.15, 0.2) is 11.6 Å². The summed E-state index contributed by atoms with van der Waals surface area (Å²) in [5.74, 6) is -1.13. The van der Waals surface area contributed by atoms with Gasteiger partial charge in [0, 0.05) is 16.7 Å². The Hall–Kier alpha value is -2.18. The molecule has 7 heteroatoms. The van der Waals surface area contributed by atoms with Gasteiger partial charge in [0.1, 0.15) is 0 Å². The summed E-state index contributed by atoms with van der Waals surface area (Å²) in [6.07, 6.45) is -0.984. The first-order valence-corrected chi connectivity index (χ1v) is 6.36. The third kappa shape index (κ3) is 3.29. The number of nitrogens with zero attached hydrogens (tertiary/aromatic N) is 1. The Morgan fingerprint density at radius 2 is 2.10 bits per heavy atom. The van der Waals surface area contributed by atoms with E-state index in [1.165, 1.54) is 31.2 Å². The van der Waals surface area contributed by atoms with Crippen molar-refractivity contribution >= 4 is 17.3 Å². The lowest BCUT2D eigenvalue weighted by molar-refractivity contribution is -0.385. The van der Waals surface area contributed by atoms with Gasteiger partial charge in [-0.25, -0.2) is 4.39 Å². The maximum absolute atomic E-state index is 13.9. The van der Waals surface area contributed by atoms with E-state index >= 15 is 0 Å². The van der Waals surface area contributed by atoms with E-state index in [-0.39, 0.29) is 27.8 Å². The van der Waals surface area contributed by atoms with E-state index in [9.17, 15) is 19.6 Å². The third-order valence-electron chi connectivity index (χ3n) is 2.78. The molecule has 0 saturated heterocycles. The Labute approximate surface area is 124 Å². The van der Waals surface area contributed by atoms with Gasteiger partial charge in [-0.2, -0.15) is 0 Å². The number of aliphatic hydroxyl groups is 1. The van der Waals surface area contributed by atoms with Gasteiger partial charge in [-0.3, -0.25) is 10.1 Å². The van der Waals surface area contributed by atoms with Crippen LogP contribution in [0.1, 0.15) is 18.6 Å². The van der Waals surface area contributed by atoms with Gasteiger partial charge >= 0.3 is 5.69 Å². The number of halogens is 2. The molecule has 0 radical (unpaired) electrons. The molecule has 0 heterocycles. The summed E-state index contributed by atoms with van der Waals surface area (Å²) in [7, 11) is 0. The molecular formula is C14H11ClFNO4. The van der Waals surface area contributed by atoms with Gasteiger partial charge in [-0.15, -0.1) is 0 Å². The number of nitro benzene ring substituents is 1. The normalized spacial score (nSPS) is 12.0. The predicted octanol–water partition coefficient (Wildman–Crippen LogP) is 4.23. The molecule has 110 valence electrons. The number of benzene rings is 2. The second-order valence-corrected chi connectivity index (χ2v) is 4.74. The van der Waals surface area contributed by atoms with Crippen LogP contribution in [-0.2, 0) is 0 Å². The molecule has 2 aromatic rings. The van der Waals surface area contributed by atoms with E-state index in [0.29, 0.717) is 0 Å². The van der Waals surface area contributed by atoms with E-state index in [0.717, 1.165) is 12.1 Å². The van der Waals surface area contributed by atoms with Crippen molar-refractivity contribution in [3.63, 3.8) is 0 Å². The fourth-order valence-corrected chi connectivity index (χ4v) is 1.96. The van der Waals surface area contributed by atoms with E-state index in [1.807, 2.05) is 0 Å². The topological polar surface area (TPSA) is 72.6 Å². The van der Waals surface area contributed by atoms with Crippen LogP contribution in [0, 0.1) is 15.9 Å². The minimum absolute atomic E-state index is 0.156. The van der Waals surface area contributed by atoms with Gasteiger partial charge < -0.3 is 9.84 Å². The maximum Gasteiger partial charge on any atom is 0.313 e. The monoisotopic (exact) mass is 311 g/mol. The first-order chi connectivity index (χ1) is 9.90. The second kappa shape index (κ2) is 6.07. The van der Waals surface area contributed by atoms with Crippen molar-refractivity contribution in [3.8, 4) is 11.5 Å². The largest absolute Gasteiger partial charge is 0.447 e. The van der Waals surface area contributed by atoms with Crippen molar-refractivity contribution in [2.45, 2.75) is 13.0 Å². The zero-order chi connectivity index (χ0) is 15.6. The van der Waals surface area contributed by atoms with Crippen molar-refractivity contribution < 1.29 is 19.2 Å². The summed E-state index contributed by atoms with van der Waals surface area (Å²) in [5.41, 5.74) is -0.193. The van der Waals surface area contributed by atoms with E-state index < -0.39 is 16.8 Å². The molecule has 0 aromatic heterocycles. The first-order valence-electron chi connectivity index (χ1n) is 5.98. The van der Waals surface area contributed by atoms with E-state index in [2.05, 4.69) is 0 Å². The van der Waals surface area contributed by atoms with Crippen LogP contribution in [0.2, 0.25) is 5.02 Å². The van der Waals surface area contributed by atoms with Crippen LogP contribution in [0.5, 0.6) is 11.5 Å². The molecule has 0 fully saturated rings. The van der Waals surface area contributed by atoms with Crippen LogP contribution in [-0.4, -0.2) is 10.0 Å². The first kappa shape index (κ1) is 15.2. The zero-order valence-electron chi connectivity index (χ0n) is 10.9. The van der Waals surface area contributed by atoms with Crippen molar-refractivity contribution in [1.82, 2.24) is 0 Å². The molecule has 0 saturated carbocycles. The Kier molecular flexibility index (Phi) is 4.40. The molecule has 0 aliphatic carbocycles. The number of nitro groups is 1. The van der Waals surface area contributed by atoms with E-state index in [4.69, 9.17) is 16.3 Å². The summed E-state index contributed by atoms with van der Waals surface area (Å²) in [4.78, 5) is 10.3. The molecule has 0 amide bonds. The minimum atomic E-state index is -0.984. The number of para-hydroxylation sites is 1. The lowest BCUT2D eigenvalue weighted by Crippen LogP contribution is -2.00. The lowest BCUT2D eigenvalue weighted by Gasteiger charge is -2.14. The highest BCUT2D eigenvalue weighted by Gasteiger charge is 2.21. The fraction of sp³-hybridized carbons (Fsp3) is 0.143. The molecule has 0 spiro atoms. The van der Waals surface area contributed by atoms with Crippen LogP contribution in [0.15, 0.2) is 36.4 Å². The Balaban J connectivity index is 2.51. The molecule has 1 N–H and O–H groups in total. The van der Waals surface area contributed by atoms with E-state index in [1.54, 1.807) is 0 Å². The molecule has 5 nitrogen and oxygen atoms in total. The molecular weight excluding hydrogens is 301 g/mol. The highest BCUT2D eigenvalue weighted by molar-refractivity contribution is 6.30. The average molecular weight is 312 g/mol. The van der Waals surface area contributed by atoms with Gasteiger partial charge in [0.05, 0.1) is 11.0 Å². The predicted molar refractivity (Wildman–Crippen MR) is 75.2 cm³/mol. The summed E-state index contributed by atoms with van der Waals surface area (Å²) in [6, 6.07) is 7.82. The van der Waals surface area contributed by atoms with Crippen LogP contribution in [0.3, 0.4) is 0 Å². The van der Waals surface area contributed by atoms with Gasteiger partial charge in [0.25, 0.3) is 0 Å². The molecule has 21 heavy (non-hydrogen) atoms. The van der Waals surface area contributed by atoms with Gasteiger partial charge in [-0.1, -0.05) is 23.7 Å². The number of hydrogen-bond acceptors (Lipinski definition) is 4. The lowest BCUT2D eigenvalue weighted by atomic mass is 10.1. The maximum atomic E-state index is 13.9. The van der Waals surface area contributed by atoms with Crippen LogP contribution in [0.25, 0.3) is 0 Å². The second-order valence-electron chi connectivity index (χ2n) is 4.31. The molecule has 0 bridgehead atoms. The van der Waals surface area contributed by atoms with Crippen molar-refractivity contribution in [2.24, 2.45) is 0 Å². The number of aliphatic hydroxyl groups excluding tert-OH is 1. The molecule has 1 unspecified atom stereocenters. The molecule has 0 aliphatic rings. The number of ether oxygens (including phenoxy) is 1. The summed E-state index contributed by atoms with van der Waals surface area (Å²) < 4.78 is 19.2. The molecule has 1 atom stereocenters. The SMILES string of the molecule is CC(O)c1cccc(F)c1Oc1ccc(Cl)cc1[N+](=O)[O-]. The number of rotatable bonds is 4. The Morgan fingerprint density at radius 1 is 1.38 bits per heavy atom. The molecule has 2 aromatic carbocycles. The molecule has 2 rings (SSSR count). The van der Waals surface area contributed by atoms with Crippen molar-refractivity contribution in [3.05, 3.63) is 62.9 Å². The Bertz CT molecular complexity index is 691. The quantitative estimate of drug-likeness (QED) is 0.677. The average Bonchev–Trinajstić information content (AvgIpc) is 2.42. The highest BCUT2D eigenvalue weighted by Crippen LogP contribution is 2.37. The Morgan fingerprint density at radius 3 is 2.71 bits per heavy atom. The fourth-order valence-electron chi connectivity index (χ4n) is 1.79. The zero-order valence-corrected chi connectivity index (χ0v) is 11.7. The van der Waals surface area contributed by atoms with Gasteiger partial charge in [0.2, 0.25) is 5.75 Å². The summed E-state index contributed by atoms with van der Waals surface area (Å²) in [6.45, 7) is 1.44. The minimum Gasteiger partial charge on any atom is -0.447 e. The molecule has 0 aliphatic heterocycles. The smallest absolute Gasteiger partial charge is 0.313 e. The van der Waals surface area contributed by atoms with Crippen LogP contribution in [0.4, 0.5) is 10.1 Å². The van der Waals surface area contributed by atoms with Crippen LogP contribution < -0.4 is 4.74 Å². The van der Waals surface area contributed by atoms with Crippen molar-refractivity contribution in [1.29, 1.82) is 0 Å². The summed E-state index contributed by atoms with van der Waals surface area (Å²) in [5, 5.41) is 20.8. The summed E-state index contributed by atoms with van der Waals surface area (Å²) >= 11 is 5.70. The standard InChI is InChI=1S/C14H11ClFNO4/c1-8(18)10-3-2-4-11(16)14(10)21-13-6-5-9(15)7-12(13)17(19)20/h2-8,18H,1H3. The highest BCUT2D eigenvalue weighted by atomic mass is 35.5.